The van der Waals surface area contributed by atoms with Crippen molar-refractivity contribution in [1.82, 2.24) is 14.7 Å². The van der Waals surface area contributed by atoms with Gasteiger partial charge in [-0.3, -0.25) is 4.98 Å². The highest BCUT2D eigenvalue weighted by atomic mass is 16.5. The molecule has 0 amide bonds. The maximum Gasteiger partial charge on any atom is 0.335 e. The number of hydrogen-bond donors (Lipinski definition) is 2. The molecule has 0 spiro atoms. The lowest BCUT2D eigenvalue weighted by Gasteiger charge is -1.99. The first kappa shape index (κ1) is 11.2. The van der Waals surface area contributed by atoms with Crippen LogP contribution >= 0.6 is 0 Å². The molecule has 0 radical (unpaired) electrons. The van der Waals surface area contributed by atoms with E-state index in [0.29, 0.717) is 16.7 Å². The molecular weight excluding hydrogens is 246 g/mol. The number of imidazole rings is 1. The number of rotatable bonds is 2. The van der Waals surface area contributed by atoms with Crippen LogP contribution in [0, 0.1) is 0 Å². The molecule has 94 valence electrons. The molecular formula is C13H9N3O3. The number of nitrogens with zero attached hydrogens (tertiary/aromatic N) is 3. The van der Waals surface area contributed by atoms with Gasteiger partial charge in [-0.05, 0) is 30.3 Å². The van der Waals surface area contributed by atoms with Crippen LogP contribution in [0.4, 0.5) is 0 Å². The SMILES string of the molecule is O=C(O)c1ccc2nc(-c3ccccn3)n(O)c2c1. The van der Waals surface area contributed by atoms with Crippen LogP contribution in [-0.4, -0.2) is 31.0 Å². The molecule has 0 aliphatic heterocycles. The van der Waals surface area contributed by atoms with Crippen molar-refractivity contribution in [3.8, 4) is 11.5 Å². The minimum Gasteiger partial charge on any atom is -0.478 e. The molecule has 0 aliphatic carbocycles. The van der Waals surface area contributed by atoms with Crippen molar-refractivity contribution < 1.29 is 15.1 Å². The summed E-state index contributed by atoms with van der Waals surface area (Å²) in [5.41, 5.74) is 1.45. The van der Waals surface area contributed by atoms with Gasteiger partial charge in [0.2, 0.25) is 0 Å². The fraction of sp³-hybridized carbons (Fsp3) is 0. The molecule has 3 rings (SSSR count). The molecule has 0 unspecified atom stereocenters. The lowest BCUT2D eigenvalue weighted by Crippen LogP contribution is -1.98. The van der Waals surface area contributed by atoms with E-state index in [1.807, 2.05) is 0 Å². The van der Waals surface area contributed by atoms with Crippen LogP contribution in [0.1, 0.15) is 10.4 Å². The first-order valence-electron chi connectivity index (χ1n) is 5.53. The molecule has 0 aliphatic rings. The average Bonchev–Trinajstić information content (AvgIpc) is 2.77. The number of aromatic nitrogens is 3. The van der Waals surface area contributed by atoms with Gasteiger partial charge in [0.25, 0.3) is 0 Å². The summed E-state index contributed by atoms with van der Waals surface area (Å²) in [6.07, 6.45) is 1.59. The fourth-order valence-electron chi connectivity index (χ4n) is 1.86. The van der Waals surface area contributed by atoms with Crippen molar-refractivity contribution in [3.63, 3.8) is 0 Å². The molecule has 2 aromatic heterocycles. The minimum atomic E-state index is -1.05. The zero-order chi connectivity index (χ0) is 13.4. The molecule has 6 heteroatoms. The Morgan fingerprint density at radius 1 is 1.21 bits per heavy atom. The number of aromatic carboxylic acids is 1. The number of carboxylic acid groups (broad SMARTS) is 1. The molecule has 0 saturated carbocycles. The molecule has 1 aromatic carbocycles. The van der Waals surface area contributed by atoms with E-state index >= 15 is 0 Å². The summed E-state index contributed by atoms with van der Waals surface area (Å²) >= 11 is 0. The van der Waals surface area contributed by atoms with Gasteiger partial charge in [-0.15, -0.1) is 0 Å². The lowest BCUT2D eigenvalue weighted by atomic mass is 10.2. The van der Waals surface area contributed by atoms with Gasteiger partial charge >= 0.3 is 5.97 Å². The van der Waals surface area contributed by atoms with Crippen LogP contribution in [0.5, 0.6) is 0 Å². The van der Waals surface area contributed by atoms with Crippen LogP contribution in [0.3, 0.4) is 0 Å². The maximum atomic E-state index is 10.9. The normalized spacial score (nSPS) is 10.7. The first-order chi connectivity index (χ1) is 9.16. The molecule has 2 N–H and O–H groups in total. The topological polar surface area (TPSA) is 88.2 Å². The third-order valence-electron chi connectivity index (χ3n) is 2.77. The van der Waals surface area contributed by atoms with E-state index in [-0.39, 0.29) is 11.4 Å². The van der Waals surface area contributed by atoms with Crippen molar-refractivity contribution in [2.24, 2.45) is 0 Å². The van der Waals surface area contributed by atoms with Crippen LogP contribution in [0.25, 0.3) is 22.6 Å². The van der Waals surface area contributed by atoms with Gasteiger partial charge < -0.3 is 10.3 Å². The Morgan fingerprint density at radius 2 is 2.05 bits per heavy atom. The summed E-state index contributed by atoms with van der Waals surface area (Å²) in [6, 6.07) is 9.63. The van der Waals surface area contributed by atoms with E-state index in [1.165, 1.54) is 12.1 Å². The smallest absolute Gasteiger partial charge is 0.335 e. The van der Waals surface area contributed by atoms with E-state index in [0.717, 1.165) is 4.73 Å². The molecule has 0 fully saturated rings. The lowest BCUT2D eigenvalue weighted by molar-refractivity contribution is 0.0697. The average molecular weight is 255 g/mol. The second-order valence-electron chi connectivity index (χ2n) is 3.97. The highest BCUT2D eigenvalue weighted by Crippen LogP contribution is 2.22. The number of benzene rings is 1. The molecule has 0 bridgehead atoms. The molecule has 0 saturated heterocycles. The third-order valence-corrected chi connectivity index (χ3v) is 2.77. The fourth-order valence-corrected chi connectivity index (χ4v) is 1.86. The summed E-state index contributed by atoms with van der Waals surface area (Å²) in [5, 5.41) is 19.0. The van der Waals surface area contributed by atoms with Gasteiger partial charge in [0.1, 0.15) is 11.2 Å². The van der Waals surface area contributed by atoms with Crippen LogP contribution in [-0.2, 0) is 0 Å². The second kappa shape index (κ2) is 4.09. The Hall–Kier alpha value is -2.89. The van der Waals surface area contributed by atoms with Crippen molar-refractivity contribution in [2.45, 2.75) is 0 Å². The van der Waals surface area contributed by atoms with Crippen LogP contribution in [0.15, 0.2) is 42.6 Å². The number of pyridine rings is 1. The Balaban J connectivity index is 2.24. The second-order valence-corrected chi connectivity index (χ2v) is 3.97. The Kier molecular flexibility index (Phi) is 2.42. The minimum absolute atomic E-state index is 0.0928. The maximum absolute atomic E-state index is 10.9. The van der Waals surface area contributed by atoms with Gasteiger partial charge in [0, 0.05) is 6.20 Å². The summed E-state index contributed by atoms with van der Waals surface area (Å²) in [7, 11) is 0. The molecule has 6 nitrogen and oxygen atoms in total. The van der Waals surface area contributed by atoms with Crippen molar-refractivity contribution in [2.75, 3.05) is 0 Å². The summed E-state index contributed by atoms with van der Waals surface area (Å²) in [6.45, 7) is 0. The van der Waals surface area contributed by atoms with Crippen molar-refractivity contribution in [1.29, 1.82) is 0 Å². The number of carboxylic acids is 1. The van der Waals surface area contributed by atoms with E-state index in [4.69, 9.17) is 5.11 Å². The zero-order valence-corrected chi connectivity index (χ0v) is 9.69. The standard InChI is InChI=1S/C13H9N3O3/c17-13(18)8-4-5-9-11(7-8)16(19)12(15-9)10-3-1-2-6-14-10/h1-7,19H,(H,17,18). The van der Waals surface area contributed by atoms with Crippen LogP contribution in [0.2, 0.25) is 0 Å². The zero-order valence-electron chi connectivity index (χ0n) is 9.69. The molecule has 19 heavy (non-hydrogen) atoms. The van der Waals surface area contributed by atoms with Crippen LogP contribution < -0.4 is 0 Å². The van der Waals surface area contributed by atoms with E-state index in [1.54, 1.807) is 30.5 Å². The number of fused-ring (bicyclic) bond motifs is 1. The van der Waals surface area contributed by atoms with E-state index < -0.39 is 5.97 Å². The van der Waals surface area contributed by atoms with Gasteiger partial charge in [0.15, 0.2) is 5.82 Å². The summed E-state index contributed by atoms with van der Waals surface area (Å²) in [5.74, 6) is -0.777. The monoisotopic (exact) mass is 255 g/mol. The molecule has 2 heterocycles. The van der Waals surface area contributed by atoms with Gasteiger partial charge in [-0.2, -0.15) is 4.73 Å². The Labute approximate surface area is 107 Å². The Morgan fingerprint density at radius 3 is 2.74 bits per heavy atom. The highest BCUT2D eigenvalue weighted by molar-refractivity contribution is 5.93. The molecule has 3 aromatic rings. The van der Waals surface area contributed by atoms with Gasteiger partial charge in [0.05, 0.1) is 11.1 Å². The molecule has 0 atom stereocenters. The Bertz CT molecular complexity index is 765. The van der Waals surface area contributed by atoms with E-state index in [9.17, 15) is 10.0 Å². The predicted octanol–water partition coefficient (Wildman–Crippen LogP) is 2.03. The van der Waals surface area contributed by atoms with Gasteiger partial charge in [-0.25, -0.2) is 9.78 Å². The van der Waals surface area contributed by atoms with Gasteiger partial charge in [-0.1, -0.05) is 6.07 Å². The predicted molar refractivity (Wildman–Crippen MR) is 67.1 cm³/mol. The quantitative estimate of drug-likeness (QED) is 0.684. The number of hydrogen-bond acceptors (Lipinski definition) is 4. The largest absolute Gasteiger partial charge is 0.478 e. The first-order valence-corrected chi connectivity index (χ1v) is 5.53. The summed E-state index contributed by atoms with van der Waals surface area (Å²) in [4.78, 5) is 19.3. The van der Waals surface area contributed by atoms with Crippen molar-refractivity contribution >= 4 is 17.0 Å². The summed E-state index contributed by atoms with van der Waals surface area (Å²) < 4.78 is 0.851. The third kappa shape index (κ3) is 1.79. The number of carbonyl (C=O) groups is 1. The van der Waals surface area contributed by atoms with E-state index in [2.05, 4.69) is 9.97 Å². The highest BCUT2D eigenvalue weighted by Gasteiger charge is 2.14. The van der Waals surface area contributed by atoms with Crippen molar-refractivity contribution in [3.05, 3.63) is 48.2 Å².